The van der Waals surface area contributed by atoms with E-state index in [0.29, 0.717) is 13.1 Å². The zero-order chi connectivity index (χ0) is 13.0. The van der Waals surface area contributed by atoms with Crippen LogP contribution in [0.4, 0.5) is 0 Å². The minimum Gasteiger partial charge on any atom is -0.391 e. The van der Waals surface area contributed by atoms with Gasteiger partial charge in [0.25, 0.3) is 0 Å². The van der Waals surface area contributed by atoms with Crippen LogP contribution in [0.1, 0.15) is 26.2 Å². The van der Waals surface area contributed by atoms with Crippen molar-refractivity contribution in [2.24, 2.45) is 5.92 Å². The van der Waals surface area contributed by atoms with Crippen molar-refractivity contribution in [1.82, 2.24) is 15.5 Å². The average molecular weight is 328 g/mol. The molecule has 0 spiro atoms. The summed E-state index contributed by atoms with van der Waals surface area (Å²) in [6.45, 7) is 6.22. The number of amides is 1. The lowest BCUT2D eigenvalue weighted by Gasteiger charge is -2.24. The van der Waals surface area contributed by atoms with Crippen molar-refractivity contribution in [3.8, 4) is 0 Å². The Morgan fingerprint density at radius 2 is 2.15 bits per heavy atom. The first kappa shape index (κ1) is 19.9. The van der Waals surface area contributed by atoms with E-state index >= 15 is 0 Å². The van der Waals surface area contributed by atoms with E-state index in [2.05, 4.69) is 22.5 Å². The molecule has 2 rings (SSSR count). The summed E-state index contributed by atoms with van der Waals surface area (Å²) in [5, 5.41) is 15.8. The Morgan fingerprint density at radius 1 is 1.40 bits per heavy atom. The van der Waals surface area contributed by atoms with Gasteiger partial charge in [-0.2, -0.15) is 0 Å². The van der Waals surface area contributed by atoms with E-state index in [1.165, 1.54) is 0 Å². The first-order valence-electron chi connectivity index (χ1n) is 7.13. The van der Waals surface area contributed by atoms with Gasteiger partial charge < -0.3 is 15.7 Å². The summed E-state index contributed by atoms with van der Waals surface area (Å²) < 4.78 is 0. The predicted molar refractivity (Wildman–Crippen MR) is 84.8 cm³/mol. The third-order valence-corrected chi connectivity index (χ3v) is 4.02. The zero-order valence-electron chi connectivity index (χ0n) is 12.0. The van der Waals surface area contributed by atoms with Gasteiger partial charge in [0.05, 0.1) is 12.1 Å². The van der Waals surface area contributed by atoms with Gasteiger partial charge in [-0.25, -0.2) is 0 Å². The second-order valence-electron chi connectivity index (χ2n) is 5.42. The van der Waals surface area contributed by atoms with Gasteiger partial charge in [-0.05, 0) is 32.4 Å². The molecule has 2 aliphatic rings. The largest absolute Gasteiger partial charge is 0.391 e. The third kappa shape index (κ3) is 5.04. The Hall–Kier alpha value is -0.0700. The Kier molecular flexibility index (Phi) is 9.76. The summed E-state index contributed by atoms with van der Waals surface area (Å²) in [6, 6.07) is 0.0523. The van der Waals surface area contributed by atoms with Crippen molar-refractivity contribution < 1.29 is 9.90 Å². The zero-order valence-corrected chi connectivity index (χ0v) is 13.6. The van der Waals surface area contributed by atoms with Crippen LogP contribution >= 0.6 is 24.8 Å². The number of nitrogens with one attached hydrogen (secondary N) is 2. The first-order chi connectivity index (χ1) is 8.72. The van der Waals surface area contributed by atoms with Crippen LogP contribution in [0.15, 0.2) is 0 Å². The van der Waals surface area contributed by atoms with Crippen LogP contribution in [0.5, 0.6) is 0 Å². The second kappa shape index (κ2) is 9.79. The third-order valence-electron chi connectivity index (χ3n) is 4.02. The van der Waals surface area contributed by atoms with Crippen molar-refractivity contribution >= 4 is 30.7 Å². The molecule has 3 N–H and O–H groups in total. The number of carbonyl (C=O) groups excluding carboxylic acids is 1. The van der Waals surface area contributed by atoms with Gasteiger partial charge in [-0.1, -0.05) is 6.92 Å². The molecule has 20 heavy (non-hydrogen) atoms. The van der Waals surface area contributed by atoms with Crippen molar-refractivity contribution in [2.75, 3.05) is 32.7 Å². The number of nitrogens with zero attached hydrogens (tertiary/aromatic N) is 1. The van der Waals surface area contributed by atoms with Crippen LogP contribution in [0.3, 0.4) is 0 Å². The molecular formula is C13H27Cl2N3O2. The Bertz CT molecular complexity index is 295. The van der Waals surface area contributed by atoms with Gasteiger partial charge >= 0.3 is 0 Å². The monoisotopic (exact) mass is 327 g/mol. The number of likely N-dealkylation sites (tertiary alicyclic amines) is 1. The van der Waals surface area contributed by atoms with Crippen molar-refractivity contribution in [3.05, 3.63) is 0 Å². The van der Waals surface area contributed by atoms with Crippen LogP contribution in [0, 0.1) is 5.92 Å². The van der Waals surface area contributed by atoms with Gasteiger partial charge in [-0.15, -0.1) is 24.8 Å². The number of carbonyl (C=O) groups is 1. The van der Waals surface area contributed by atoms with Crippen LogP contribution in [0.2, 0.25) is 0 Å². The van der Waals surface area contributed by atoms with E-state index in [0.717, 1.165) is 38.9 Å². The highest BCUT2D eigenvalue weighted by atomic mass is 35.5. The molecule has 0 bridgehead atoms. The summed E-state index contributed by atoms with van der Waals surface area (Å²) in [6.07, 6.45) is 2.86. The molecule has 0 saturated carbocycles. The molecule has 2 heterocycles. The fourth-order valence-corrected chi connectivity index (χ4v) is 2.95. The molecule has 0 aromatic carbocycles. The fraction of sp³-hybridized carbons (Fsp3) is 0.923. The lowest BCUT2D eigenvalue weighted by Crippen LogP contribution is -2.45. The molecule has 0 aromatic rings. The molecule has 0 radical (unpaired) electrons. The molecule has 0 aliphatic carbocycles. The van der Waals surface area contributed by atoms with Gasteiger partial charge in [0, 0.05) is 25.6 Å². The molecule has 2 aliphatic heterocycles. The normalized spacial score (nSPS) is 29.6. The molecule has 3 atom stereocenters. The number of halogens is 2. The number of hydrogen-bond acceptors (Lipinski definition) is 4. The molecule has 2 fully saturated rings. The lowest BCUT2D eigenvalue weighted by molar-refractivity contribution is -0.125. The van der Waals surface area contributed by atoms with E-state index in [-0.39, 0.29) is 48.8 Å². The Labute approximate surface area is 133 Å². The smallest absolute Gasteiger partial charge is 0.237 e. The molecule has 120 valence electrons. The summed E-state index contributed by atoms with van der Waals surface area (Å²) >= 11 is 0. The number of aliphatic hydroxyl groups is 1. The van der Waals surface area contributed by atoms with E-state index in [9.17, 15) is 9.90 Å². The lowest BCUT2D eigenvalue weighted by atomic mass is 10.1. The number of rotatable bonds is 5. The van der Waals surface area contributed by atoms with Crippen LogP contribution in [0.25, 0.3) is 0 Å². The standard InChI is InChI=1S/C13H25N3O2.2ClH/c1-2-5-16-6-3-4-11(16)13(18)15-8-10-7-14-9-12(10)17;;/h10-12,14,17H,2-9H2,1H3,(H,15,18);2*1H. The molecule has 1 amide bonds. The number of aliphatic hydroxyl groups excluding tert-OH is 1. The predicted octanol–water partition coefficient (Wildman–Crippen LogP) is 0.401. The average Bonchev–Trinajstić information content (AvgIpc) is 2.96. The maximum Gasteiger partial charge on any atom is 0.237 e. The summed E-state index contributed by atoms with van der Waals surface area (Å²) in [7, 11) is 0. The molecule has 2 saturated heterocycles. The summed E-state index contributed by atoms with van der Waals surface area (Å²) in [4.78, 5) is 14.4. The van der Waals surface area contributed by atoms with E-state index in [1.807, 2.05) is 0 Å². The minimum absolute atomic E-state index is 0. The number of β-amino-alcohol motifs (C(OH)–C–C–N with tert-alkyl or cyclic N) is 1. The molecule has 0 aromatic heterocycles. The van der Waals surface area contributed by atoms with Gasteiger partial charge in [0.2, 0.25) is 5.91 Å². The van der Waals surface area contributed by atoms with Crippen LogP contribution < -0.4 is 10.6 Å². The first-order valence-corrected chi connectivity index (χ1v) is 7.13. The van der Waals surface area contributed by atoms with Crippen LogP contribution in [-0.2, 0) is 4.79 Å². The highest BCUT2D eigenvalue weighted by molar-refractivity contribution is 5.85. The van der Waals surface area contributed by atoms with Gasteiger partial charge in [-0.3, -0.25) is 9.69 Å². The highest BCUT2D eigenvalue weighted by Crippen LogP contribution is 2.17. The Morgan fingerprint density at radius 3 is 2.75 bits per heavy atom. The summed E-state index contributed by atoms with van der Waals surface area (Å²) in [5.74, 6) is 0.301. The highest BCUT2D eigenvalue weighted by Gasteiger charge is 2.31. The maximum absolute atomic E-state index is 12.1. The fourth-order valence-electron chi connectivity index (χ4n) is 2.95. The SMILES string of the molecule is CCCN1CCCC1C(=O)NCC1CNCC1O.Cl.Cl. The van der Waals surface area contributed by atoms with E-state index in [1.54, 1.807) is 0 Å². The van der Waals surface area contributed by atoms with E-state index < -0.39 is 0 Å². The van der Waals surface area contributed by atoms with Crippen LogP contribution in [-0.4, -0.2) is 60.8 Å². The van der Waals surface area contributed by atoms with Crippen molar-refractivity contribution in [2.45, 2.75) is 38.3 Å². The van der Waals surface area contributed by atoms with Crippen molar-refractivity contribution in [1.29, 1.82) is 0 Å². The van der Waals surface area contributed by atoms with E-state index in [4.69, 9.17) is 0 Å². The number of hydrogen-bond donors (Lipinski definition) is 3. The Balaban J connectivity index is 0.00000180. The maximum atomic E-state index is 12.1. The molecule has 5 nitrogen and oxygen atoms in total. The summed E-state index contributed by atoms with van der Waals surface area (Å²) in [5.41, 5.74) is 0. The molecule has 3 unspecified atom stereocenters. The topological polar surface area (TPSA) is 64.6 Å². The molecule has 7 heteroatoms. The minimum atomic E-state index is -0.319. The van der Waals surface area contributed by atoms with Gasteiger partial charge in [0.15, 0.2) is 0 Å². The second-order valence-corrected chi connectivity index (χ2v) is 5.42. The molecular weight excluding hydrogens is 301 g/mol. The van der Waals surface area contributed by atoms with Crippen molar-refractivity contribution in [3.63, 3.8) is 0 Å². The quantitative estimate of drug-likeness (QED) is 0.684. The van der Waals surface area contributed by atoms with Gasteiger partial charge in [0.1, 0.15) is 0 Å².